The average Bonchev–Trinajstić information content (AvgIpc) is 2.64. The number of sulfonamides is 1. The maximum atomic E-state index is 13.0. The van der Waals surface area contributed by atoms with Crippen molar-refractivity contribution in [1.29, 1.82) is 0 Å². The fourth-order valence-electron chi connectivity index (χ4n) is 3.46. The number of carbonyl (C=O) groups is 1. The van der Waals surface area contributed by atoms with Gasteiger partial charge in [-0.2, -0.15) is 0 Å². The zero-order valence-corrected chi connectivity index (χ0v) is 17.3. The Balaban J connectivity index is 1.88. The second-order valence-electron chi connectivity index (χ2n) is 7.04. The maximum absolute atomic E-state index is 13.0. The van der Waals surface area contributed by atoms with Gasteiger partial charge in [0.05, 0.1) is 11.9 Å². The Morgan fingerprint density at radius 3 is 2.53 bits per heavy atom. The molecule has 0 aromatic heterocycles. The molecule has 1 aliphatic heterocycles. The molecule has 1 amide bonds. The van der Waals surface area contributed by atoms with E-state index in [1.54, 1.807) is 31.2 Å². The molecule has 2 aromatic carbocycles. The number of benzene rings is 2. The van der Waals surface area contributed by atoms with Gasteiger partial charge in [-0.3, -0.25) is 9.10 Å². The van der Waals surface area contributed by atoms with Crippen molar-refractivity contribution in [3.8, 4) is 5.75 Å². The lowest BCUT2D eigenvalue weighted by atomic mass is 10.0. The molecule has 0 saturated heterocycles. The van der Waals surface area contributed by atoms with Gasteiger partial charge in [-0.1, -0.05) is 18.2 Å². The number of nitrogens with zero attached hydrogens (tertiary/aromatic N) is 2. The number of aryl methyl sites for hydroxylation is 2. The molecule has 0 atom stereocenters. The van der Waals surface area contributed by atoms with E-state index in [-0.39, 0.29) is 5.75 Å². The lowest BCUT2D eigenvalue weighted by Gasteiger charge is -2.32. The molecule has 0 fully saturated rings. The molecule has 1 heterocycles. The molecule has 0 aliphatic carbocycles. The van der Waals surface area contributed by atoms with Crippen molar-refractivity contribution in [1.82, 2.24) is 0 Å². The van der Waals surface area contributed by atoms with Crippen LogP contribution in [-0.2, 0) is 21.2 Å². The molecule has 162 valence electrons. The topological polar surface area (TPSA) is 66.9 Å². The molecular formula is C20H21F3N2O4S. The third-order valence-corrected chi connectivity index (χ3v) is 5.89. The van der Waals surface area contributed by atoms with Crippen LogP contribution in [0.2, 0.25) is 0 Å². The van der Waals surface area contributed by atoms with Crippen molar-refractivity contribution in [3.63, 3.8) is 0 Å². The van der Waals surface area contributed by atoms with Gasteiger partial charge < -0.3 is 9.64 Å². The summed E-state index contributed by atoms with van der Waals surface area (Å²) in [5.41, 5.74) is 2.10. The van der Waals surface area contributed by atoms with Crippen molar-refractivity contribution in [2.24, 2.45) is 0 Å². The van der Waals surface area contributed by atoms with Crippen molar-refractivity contribution < 1.29 is 31.1 Å². The molecule has 3 rings (SSSR count). The second-order valence-corrected chi connectivity index (χ2v) is 8.95. The van der Waals surface area contributed by atoms with Crippen LogP contribution in [0.5, 0.6) is 5.75 Å². The first-order valence-corrected chi connectivity index (χ1v) is 11.0. The highest BCUT2D eigenvalue weighted by Gasteiger charge is 2.32. The van der Waals surface area contributed by atoms with Crippen molar-refractivity contribution >= 4 is 27.3 Å². The smallest absolute Gasteiger partial charge is 0.406 e. The monoisotopic (exact) mass is 442 g/mol. The van der Waals surface area contributed by atoms with E-state index in [4.69, 9.17) is 0 Å². The second kappa shape index (κ2) is 8.17. The van der Waals surface area contributed by atoms with Gasteiger partial charge in [-0.15, -0.1) is 13.2 Å². The van der Waals surface area contributed by atoms with Crippen LogP contribution in [0, 0.1) is 6.92 Å². The molecule has 0 N–H and O–H groups in total. The highest BCUT2D eigenvalue weighted by atomic mass is 32.2. The van der Waals surface area contributed by atoms with Crippen molar-refractivity contribution in [3.05, 3.63) is 53.6 Å². The van der Waals surface area contributed by atoms with E-state index in [2.05, 4.69) is 4.74 Å². The molecule has 0 saturated carbocycles. The first kappa shape index (κ1) is 21.9. The van der Waals surface area contributed by atoms with Crippen molar-refractivity contribution in [2.45, 2.75) is 26.1 Å². The summed E-state index contributed by atoms with van der Waals surface area (Å²) >= 11 is 0. The van der Waals surface area contributed by atoms with Gasteiger partial charge in [0.25, 0.3) is 0 Å². The van der Waals surface area contributed by atoms with Crippen LogP contribution in [0.3, 0.4) is 0 Å². The minimum atomic E-state index is -4.80. The SMILES string of the molecule is Cc1ccccc1N(CC(=O)N1CCCc2cc(OC(F)(F)F)ccc21)S(C)(=O)=O. The molecule has 0 spiro atoms. The summed E-state index contributed by atoms with van der Waals surface area (Å²) in [5, 5.41) is 0. The van der Waals surface area contributed by atoms with Crippen molar-refractivity contribution in [2.75, 3.05) is 28.6 Å². The van der Waals surface area contributed by atoms with E-state index in [0.29, 0.717) is 41.9 Å². The van der Waals surface area contributed by atoms with Gasteiger partial charge in [0.15, 0.2) is 0 Å². The minimum absolute atomic E-state index is 0.344. The number of amides is 1. The van der Waals surface area contributed by atoms with E-state index in [1.165, 1.54) is 17.0 Å². The van der Waals surface area contributed by atoms with Crippen LogP contribution in [0.4, 0.5) is 24.5 Å². The number of hydrogen-bond acceptors (Lipinski definition) is 4. The van der Waals surface area contributed by atoms with Crippen LogP contribution in [-0.4, -0.2) is 40.0 Å². The van der Waals surface area contributed by atoms with Gasteiger partial charge >= 0.3 is 6.36 Å². The molecule has 10 heteroatoms. The minimum Gasteiger partial charge on any atom is -0.406 e. The number of para-hydroxylation sites is 1. The van der Waals surface area contributed by atoms with Crippen LogP contribution in [0.25, 0.3) is 0 Å². The Kier molecular flexibility index (Phi) is 5.98. The fourth-order valence-corrected chi connectivity index (χ4v) is 4.37. The number of halogens is 3. The van der Waals surface area contributed by atoms with E-state index in [9.17, 15) is 26.4 Å². The summed E-state index contributed by atoms with van der Waals surface area (Å²) in [4.78, 5) is 14.4. The van der Waals surface area contributed by atoms with Gasteiger partial charge in [0, 0.05) is 12.2 Å². The van der Waals surface area contributed by atoms with Crippen LogP contribution in [0.1, 0.15) is 17.5 Å². The van der Waals surface area contributed by atoms with Gasteiger partial charge in [0.2, 0.25) is 15.9 Å². The standard InChI is InChI=1S/C20H21F3N2O4S/c1-14-6-3-4-8-17(14)25(30(2,27)28)13-19(26)24-11-5-7-15-12-16(9-10-18(15)24)29-20(21,22)23/h3-4,6,8-10,12H,5,7,11,13H2,1-2H3. The Labute approximate surface area is 172 Å². The molecule has 2 aromatic rings. The lowest BCUT2D eigenvalue weighted by Crippen LogP contribution is -2.44. The first-order chi connectivity index (χ1) is 14.0. The largest absolute Gasteiger partial charge is 0.573 e. The van der Waals surface area contributed by atoms with Crippen LogP contribution >= 0.6 is 0 Å². The molecular weight excluding hydrogens is 421 g/mol. The number of carbonyl (C=O) groups excluding carboxylic acids is 1. The third kappa shape index (κ3) is 5.05. The molecule has 1 aliphatic rings. The Morgan fingerprint density at radius 2 is 1.90 bits per heavy atom. The zero-order valence-electron chi connectivity index (χ0n) is 16.4. The summed E-state index contributed by atoms with van der Waals surface area (Å²) in [6.07, 6.45) is -2.75. The van der Waals surface area contributed by atoms with E-state index in [1.807, 2.05) is 0 Å². The van der Waals surface area contributed by atoms with E-state index < -0.39 is 28.8 Å². The van der Waals surface area contributed by atoms with Gasteiger partial charge in [0.1, 0.15) is 12.3 Å². The predicted molar refractivity (Wildman–Crippen MR) is 107 cm³/mol. The van der Waals surface area contributed by atoms with Crippen LogP contribution in [0.15, 0.2) is 42.5 Å². The first-order valence-electron chi connectivity index (χ1n) is 9.18. The highest BCUT2D eigenvalue weighted by molar-refractivity contribution is 7.92. The molecule has 6 nitrogen and oxygen atoms in total. The van der Waals surface area contributed by atoms with Crippen LogP contribution < -0.4 is 13.9 Å². The summed E-state index contributed by atoms with van der Waals surface area (Å²) in [5.74, 6) is -0.817. The fraction of sp³-hybridized carbons (Fsp3) is 0.350. The Hall–Kier alpha value is -2.75. The Bertz CT molecular complexity index is 1050. The van der Waals surface area contributed by atoms with E-state index in [0.717, 1.165) is 16.6 Å². The highest BCUT2D eigenvalue weighted by Crippen LogP contribution is 2.33. The molecule has 30 heavy (non-hydrogen) atoms. The van der Waals surface area contributed by atoms with E-state index >= 15 is 0 Å². The maximum Gasteiger partial charge on any atom is 0.573 e. The predicted octanol–water partition coefficient (Wildman–Crippen LogP) is 3.64. The number of fused-ring (bicyclic) bond motifs is 1. The summed E-state index contributed by atoms with van der Waals surface area (Å²) in [7, 11) is -3.74. The zero-order chi connectivity index (χ0) is 22.1. The lowest BCUT2D eigenvalue weighted by molar-refractivity contribution is -0.274. The summed E-state index contributed by atoms with van der Waals surface area (Å²) in [6.45, 7) is 1.68. The Morgan fingerprint density at radius 1 is 1.20 bits per heavy atom. The van der Waals surface area contributed by atoms with Gasteiger partial charge in [-0.05, 0) is 55.2 Å². The number of ether oxygens (including phenoxy) is 1. The number of hydrogen-bond donors (Lipinski definition) is 0. The number of anilines is 2. The third-order valence-electron chi connectivity index (χ3n) is 4.77. The average molecular weight is 442 g/mol. The molecule has 0 bridgehead atoms. The normalized spacial score (nSPS) is 14.2. The quantitative estimate of drug-likeness (QED) is 0.709. The summed E-state index contributed by atoms with van der Waals surface area (Å²) < 4.78 is 67.1. The molecule has 0 radical (unpaired) electrons. The van der Waals surface area contributed by atoms with Gasteiger partial charge in [-0.25, -0.2) is 8.42 Å². The number of rotatable bonds is 5. The summed E-state index contributed by atoms with van der Waals surface area (Å²) in [6, 6.07) is 10.6. The molecule has 0 unspecified atom stereocenters. The number of alkyl halides is 3.